The Morgan fingerprint density at radius 3 is 2.25 bits per heavy atom. The third-order valence-electron chi connectivity index (χ3n) is 7.05. The molecule has 11 heteroatoms. The first-order chi connectivity index (χ1) is 16.6. The molecule has 196 valence electrons. The molecule has 2 aromatic rings. The monoisotopic (exact) mass is 549 g/mol. The number of carboxylic acids is 1. The second-order valence-corrected chi connectivity index (χ2v) is 9.99. The van der Waals surface area contributed by atoms with Gasteiger partial charge in [0, 0.05) is 29.7 Å². The molecule has 3 aliphatic rings. The van der Waals surface area contributed by atoms with E-state index < -0.39 is 23.9 Å². The lowest BCUT2D eigenvalue weighted by atomic mass is 9.95. The number of fused-ring (bicyclic) bond motifs is 2. The van der Waals surface area contributed by atoms with E-state index in [1.165, 1.54) is 24.3 Å². The number of nitrogens with zero attached hydrogens (tertiary/aromatic N) is 1. The topological polar surface area (TPSA) is 59.0 Å². The summed E-state index contributed by atoms with van der Waals surface area (Å²) in [5.41, 5.74) is 1.45. The van der Waals surface area contributed by atoms with Crippen LogP contribution >= 0.6 is 24.0 Å². The predicted octanol–water partition coefficient (Wildman–Crippen LogP) is 6.95. The van der Waals surface area contributed by atoms with Crippen molar-refractivity contribution in [2.24, 2.45) is 0 Å². The number of benzene rings is 2. The fraction of sp³-hybridized carbons (Fsp3) is 0.480. The summed E-state index contributed by atoms with van der Waals surface area (Å²) in [6.07, 6.45) is 0.150. The Hall–Kier alpha value is -2.23. The Bertz CT molecular complexity index is 1130. The molecule has 1 aliphatic carbocycles. The molecule has 5 nitrogen and oxygen atoms in total. The van der Waals surface area contributed by atoms with Gasteiger partial charge in [-0.15, -0.1) is 25.6 Å². The first-order valence-electron chi connectivity index (χ1n) is 11.6. The van der Waals surface area contributed by atoms with Gasteiger partial charge in [-0.05, 0) is 79.8 Å². The van der Waals surface area contributed by atoms with Crippen LogP contribution < -0.4 is 9.47 Å². The molecule has 0 radical (unpaired) electrons. The highest BCUT2D eigenvalue weighted by molar-refractivity contribution is 6.30. The number of ether oxygens (including phenoxy) is 2. The molecule has 0 amide bonds. The van der Waals surface area contributed by atoms with Crippen LogP contribution in [0.3, 0.4) is 0 Å². The van der Waals surface area contributed by atoms with Crippen molar-refractivity contribution in [1.82, 2.24) is 4.90 Å². The van der Waals surface area contributed by atoms with E-state index in [1.54, 1.807) is 0 Å². The maximum Gasteiger partial charge on any atom is 0.573 e. The van der Waals surface area contributed by atoms with Crippen molar-refractivity contribution in [2.45, 2.75) is 75.5 Å². The average molecular weight is 550 g/mol. The minimum atomic E-state index is -4.83. The maximum absolute atomic E-state index is 14.5. The van der Waals surface area contributed by atoms with Crippen molar-refractivity contribution in [3.05, 3.63) is 57.9 Å². The molecule has 2 saturated heterocycles. The summed E-state index contributed by atoms with van der Waals surface area (Å²) in [5.74, 6) is -1.92. The number of piperidine rings is 1. The van der Waals surface area contributed by atoms with Crippen LogP contribution in [0.1, 0.15) is 65.9 Å². The highest BCUT2D eigenvalue weighted by atomic mass is 35.5. The molecule has 5 rings (SSSR count). The van der Waals surface area contributed by atoms with Gasteiger partial charge in [-0.3, -0.25) is 4.90 Å². The summed E-state index contributed by atoms with van der Waals surface area (Å²) >= 11 is 5.97. The van der Waals surface area contributed by atoms with Crippen LogP contribution in [0.25, 0.3) is 0 Å². The van der Waals surface area contributed by atoms with Crippen LogP contribution in [0.4, 0.5) is 17.6 Å². The molecule has 36 heavy (non-hydrogen) atoms. The number of carbonyl (C=O) groups is 1. The van der Waals surface area contributed by atoms with Crippen LogP contribution in [0, 0.1) is 5.82 Å². The Morgan fingerprint density at radius 2 is 1.67 bits per heavy atom. The second kappa shape index (κ2) is 10.3. The van der Waals surface area contributed by atoms with Crippen molar-refractivity contribution in [3.8, 4) is 11.5 Å². The quantitative estimate of drug-likeness (QED) is 0.378. The van der Waals surface area contributed by atoms with Gasteiger partial charge in [0.15, 0.2) is 0 Å². The molecule has 1 N–H and O–H groups in total. The van der Waals surface area contributed by atoms with Crippen molar-refractivity contribution in [3.63, 3.8) is 0 Å². The summed E-state index contributed by atoms with van der Waals surface area (Å²) in [6.45, 7) is 0.533. The van der Waals surface area contributed by atoms with Crippen molar-refractivity contribution >= 4 is 30.0 Å². The van der Waals surface area contributed by atoms with Crippen LogP contribution in [-0.4, -0.2) is 40.5 Å². The normalized spacial score (nSPS) is 23.8. The van der Waals surface area contributed by atoms with Crippen LogP contribution in [-0.2, 0) is 6.54 Å². The number of alkyl halides is 3. The van der Waals surface area contributed by atoms with Crippen LogP contribution in [0.5, 0.6) is 11.5 Å². The van der Waals surface area contributed by atoms with Crippen LogP contribution in [0.2, 0.25) is 5.02 Å². The third kappa shape index (κ3) is 6.01. The Labute approximate surface area is 216 Å². The van der Waals surface area contributed by atoms with Crippen LogP contribution in [0.15, 0.2) is 30.3 Å². The zero-order valence-corrected chi connectivity index (χ0v) is 20.6. The highest BCUT2D eigenvalue weighted by Gasteiger charge is 2.42. The molecule has 1 saturated carbocycles. The van der Waals surface area contributed by atoms with E-state index in [4.69, 9.17) is 16.3 Å². The summed E-state index contributed by atoms with van der Waals surface area (Å²) in [4.78, 5) is 13.7. The van der Waals surface area contributed by atoms with E-state index in [-0.39, 0.29) is 52.8 Å². The molecule has 2 aromatic carbocycles. The average Bonchev–Trinajstić information content (AvgIpc) is 3.53. The van der Waals surface area contributed by atoms with Gasteiger partial charge in [0.1, 0.15) is 23.4 Å². The van der Waals surface area contributed by atoms with Gasteiger partial charge in [0.25, 0.3) is 0 Å². The van der Waals surface area contributed by atoms with Gasteiger partial charge in [-0.1, -0.05) is 11.6 Å². The number of carboxylic acid groups (broad SMARTS) is 1. The van der Waals surface area contributed by atoms with Gasteiger partial charge in [-0.25, -0.2) is 9.18 Å². The Balaban J connectivity index is 0.00000304. The summed E-state index contributed by atoms with van der Waals surface area (Å²) in [7, 11) is 0. The van der Waals surface area contributed by atoms with Gasteiger partial charge < -0.3 is 14.6 Å². The maximum atomic E-state index is 14.5. The molecule has 0 aromatic heterocycles. The molecule has 3 atom stereocenters. The molecule has 0 unspecified atom stereocenters. The fourth-order valence-electron chi connectivity index (χ4n) is 5.47. The first kappa shape index (κ1) is 26.8. The lowest BCUT2D eigenvalue weighted by Gasteiger charge is -2.39. The Kier molecular flexibility index (Phi) is 7.65. The Morgan fingerprint density at radius 1 is 1.03 bits per heavy atom. The molecular formula is C25H25Cl2F4NO4. The van der Waals surface area contributed by atoms with Crippen molar-refractivity contribution in [1.29, 1.82) is 0 Å². The van der Waals surface area contributed by atoms with E-state index in [2.05, 4.69) is 9.64 Å². The fourth-order valence-corrected chi connectivity index (χ4v) is 5.69. The van der Waals surface area contributed by atoms with Gasteiger partial charge in [-0.2, -0.15) is 0 Å². The summed E-state index contributed by atoms with van der Waals surface area (Å²) in [6, 6.07) is 6.95. The second-order valence-electron chi connectivity index (χ2n) is 9.55. The smallest absolute Gasteiger partial charge is 0.490 e. The molecule has 0 spiro atoms. The SMILES string of the molecule is Cl.O=C(O)c1cc(C2CC2)c(CN2[C@@H]3CC[C@H]2C[C@@H](Oc2cc(Cl)cc(OC(F)(F)F)c2)C3)cc1F. The van der Waals surface area contributed by atoms with Crippen molar-refractivity contribution < 1.29 is 36.9 Å². The number of rotatable bonds is 7. The number of hydrogen-bond acceptors (Lipinski definition) is 4. The van der Waals surface area contributed by atoms with Crippen molar-refractivity contribution in [2.75, 3.05) is 0 Å². The zero-order valence-electron chi connectivity index (χ0n) is 19.1. The van der Waals surface area contributed by atoms with E-state index in [0.717, 1.165) is 42.9 Å². The largest absolute Gasteiger partial charge is 0.573 e. The van der Waals surface area contributed by atoms with E-state index in [0.29, 0.717) is 19.4 Å². The summed E-state index contributed by atoms with van der Waals surface area (Å²) < 4.78 is 62.3. The minimum Gasteiger partial charge on any atom is -0.490 e. The minimum absolute atomic E-state index is 0. The highest BCUT2D eigenvalue weighted by Crippen LogP contribution is 2.45. The number of hydrogen-bond donors (Lipinski definition) is 1. The third-order valence-corrected chi connectivity index (χ3v) is 7.27. The zero-order chi connectivity index (χ0) is 24.9. The predicted molar refractivity (Wildman–Crippen MR) is 127 cm³/mol. The molecule has 2 heterocycles. The van der Waals surface area contributed by atoms with E-state index in [9.17, 15) is 27.5 Å². The van der Waals surface area contributed by atoms with E-state index >= 15 is 0 Å². The number of aromatic carboxylic acids is 1. The molecular weight excluding hydrogens is 525 g/mol. The van der Waals surface area contributed by atoms with Gasteiger partial charge in [0.05, 0.1) is 5.56 Å². The molecule has 3 fully saturated rings. The first-order valence-corrected chi connectivity index (χ1v) is 12.0. The van der Waals surface area contributed by atoms with Gasteiger partial charge >= 0.3 is 12.3 Å². The lowest BCUT2D eigenvalue weighted by molar-refractivity contribution is -0.274. The van der Waals surface area contributed by atoms with E-state index in [1.807, 2.05) is 0 Å². The number of halogens is 6. The van der Waals surface area contributed by atoms with Gasteiger partial charge in [0.2, 0.25) is 0 Å². The summed E-state index contributed by atoms with van der Waals surface area (Å²) in [5, 5.41) is 9.39. The molecule has 2 aliphatic heterocycles. The molecule has 2 bridgehead atoms. The lowest BCUT2D eigenvalue weighted by Crippen LogP contribution is -2.45. The standard InChI is InChI=1S/C25H24ClF4NO4.ClH/c26-15-6-18(10-20(7-15)35-25(28,29)30)34-19-8-16-3-4-17(9-19)31(16)12-14-5-23(27)22(24(32)33)11-21(14)13-1-2-13;/h5-7,10-11,13,16-17,19H,1-4,8-9,12H2,(H,32,33);1H/t16-,17+,19+;.